The van der Waals surface area contributed by atoms with Crippen molar-refractivity contribution in [1.29, 1.82) is 31.6 Å². The Bertz CT molecular complexity index is 4060. The van der Waals surface area contributed by atoms with Gasteiger partial charge in [-0.2, -0.15) is 31.6 Å². The van der Waals surface area contributed by atoms with Gasteiger partial charge in [0.1, 0.15) is 18.2 Å². The van der Waals surface area contributed by atoms with E-state index in [9.17, 15) is 31.6 Å². The van der Waals surface area contributed by atoms with Crippen LogP contribution in [0.4, 0.5) is 17.1 Å². The maximum atomic E-state index is 10.3. The Hall–Kier alpha value is -10.9. The second-order valence-electron chi connectivity index (χ2n) is 16.9. The van der Waals surface area contributed by atoms with Crippen molar-refractivity contribution < 1.29 is 0 Å². The van der Waals surface area contributed by atoms with Crippen LogP contribution in [0.2, 0.25) is 0 Å². The normalized spacial score (nSPS) is 11.1. The summed E-state index contributed by atoms with van der Waals surface area (Å²) in [5.41, 5.74) is 12.3. The van der Waals surface area contributed by atoms with Crippen LogP contribution < -0.4 is 4.90 Å². The summed E-state index contributed by atoms with van der Waals surface area (Å²) in [5, 5.41) is 65.8. The fourth-order valence-electron chi connectivity index (χ4n) is 10.2. The van der Waals surface area contributed by atoms with E-state index in [0.717, 1.165) is 82.5 Å². The highest BCUT2D eigenvalue weighted by Gasteiger charge is 2.23. The van der Waals surface area contributed by atoms with E-state index < -0.39 is 0 Å². The lowest BCUT2D eigenvalue weighted by atomic mass is 10.1. The molecule has 0 unspecified atom stereocenters. The Morgan fingerprint density at radius 2 is 0.557 bits per heavy atom. The van der Waals surface area contributed by atoms with Crippen LogP contribution >= 0.6 is 0 Å². The molecule has 10 nitrogen and oxygen atoms in total. The van der Waals surface area contributed by atoms with Gasteiger partial charge >= 0.3 is 0 Å². The molecule has 0 radical (unpaired) electrons. The minimum absolute atomic E-state index is 0.387. The Labute approximate surface area is 399 Å². The average molecular weight is 891 g/mol. The third-order valence-corrected chi connectivity index (χ3v) is 13.2. The molecule has 0 atom stereocenters. The summed E-state index contributed by atoms with van der Waals surface area (Å²) in [7, 11) is 0. The summed E-state index contributed by atoms with van der Waals surface area (Å²) in [6.07, 6.45) is 0. The van der Waals surface area contributed by atoms with Gasteiger partial charge < -0.3 is 18.6 Å². The monoisotopic (exact) mass is 890 g/mol. The Morgan fingerprint density at radius 3 is 0.843 bits per heavy atom. The van der Waals surface area contributed by atoms with Crippen LogP contribution in [0.1, 0.15) is 33.4 Å². The van der Waals surface area contributed by atoms with Gasteiger partial charge in [-0.25, -0.2) is 0 Å². The first-order valence-corrected chi connectivity index (χ1v) is 22.2. The van der Waals surface area contributed by atoms with Crippen LogP contribution in [-0.4, -0.2) is 13.7 Å². The lowest BCUT2D eigenvalue weighted by Crippen LogP contribution is -2.10. The van der Waals surface area contributed by atoms with Crippen LogP contribution in [-0.2, 0) is 0 Å². The van der Waals surface area contributed by atoms with Crippen molar-refractivity contribution in [3.8, 4) is 53.5 Å². The van der Waals surface area contributed by atoms with Crippen LogP contribution in [0.3, 0.4) is 0 Å². The number of nitrogens with zero attached hydrogens (tertiary/aromatic N) is 10. The molecule has 0 bridgehead atoms. The summed E-state index contributed by atoms with van der Waals surface area (Å²) < 4.78 is 6.24. The van der Waals surface area contributed by atoms with Crippen molar-refractivity contribution in [2.75, 3.05) is 4.90 Å². The molecule has 0 spiro atoms. The van der Waals surface area contributed by atoms with Crippen LogP contribution in [0.25, 0.3) is 82.5 Å². The van der Waals surface area contributed by atoms with Crippen LogP contribution in [0.5, 0.6) is 0 Å². The first-order chi connectivity index (χ1) is 34.4. The summed E-state index contributed by atoms with van der Waals surface area (Å²) in [6.45, 7) is 0. The van der Waals surface area contributed by atoms with Gasteiger partial charge in [0.15, 0.2) is 0 Å². The van der Waals surface area contributed by atoms with Crippen LogP contribution in [0, 0.1) is 68.0 Å². The Morgan fingerprint density at radius 1 is 0.271 bits per heavy atom. The van der Waals surface area contributed by atoms with Crippen LogP contribution in [0.15, 0.2) is 182 Å². The number of rotatable bonds is 6. The lowest BCUT2D eigenvalue weighted by Gasteiger charge is -2.26. The first-order valence-electron chi connectivity index (χ1n) is 22.2. The number of para-hydroxylation sites is 3. The molecule has 0 saturated carbocycles. The maximum absolute atomic E-state index is 10.3. The van der Waals surface area contributed by atoms with E-state index in [0.29, 0.717) is 50.4 Å². The minimum atomic E-state index is 0.387. The maximum Gasteiger partial charge on any atom is 0.101 e. The molecule has 9 aromatic carbocycles. The molecular weight excluding hydrogens is 861 g/mol. The Kier molecular flexibility index (Phi) is 9.24. The SMILES string of the molecule is N#Cc1ccc(-n2c3ccccc3c3cc(N(c4ccc5c(c4)c4ccccc4n5-c4ccc(C#N)cc4C#N)c4ccc5c(c4)c4ccccc4n5-c4ccc(C#N)cc4C#N)ccc32)c(C#N)c1. The fourth-order valence-corrected chi connectivity index (χ4v) is 10.2. The molecule has 0 N–H and O–H groups in total. The van der Waals surface area contributed by atoms with Crippen molar-refractivity contribution in [2.24, 2.45) is 0 Å². The van der Waals surface area contributed by atoms with Crippen molar-refractivity contribution >= 4 is 82.5 Å². The molecule has 10 heteroatoms. The van der Waals surface area contributed by atoms with Gasteiger partial charge in [0, 0.05) is 49.4 Å². The zero-order valence-corrected chi connectivity index (χ0v) is 36.8. The molecule has 0 aliphatic heterocycles. The summed E-state index contributed by atoms with van der Waals surface area (Å²) >= 11 is 0. The highest BCUT2D eigenvalue weighted by atomic mass is 15.1. The van der Waals surface area contributed by atoms with Crippen molar-refractivity contribution in [3.05, 3.63) is 215 Å². The molecule has 12 aromatic rings. The van der Waals surface area contributed by atoms with Gasteiger partial charge in [0.2, 0.25) is 0 Å². The number of anilines is 3. The predicted octanol–water partition coefficient (Wildman–Crippen LogP) is 13.7. The van der Waals surface area contributed by atoms with Crippen molar-refractivity contribution in [2.45, 2.75) is 0 Å². The quantitative estimate of drug-likeness (QED) is 0.160. The molecule has 70 heavy (non-hydrogen) atoms. The number of fused-ring (bicyclic) bond motifs is 9. The largest absolute Gasteiger partial charge is 0.310 e. The number of aromatic nitrogens is 3. The van der Waals surface area contributed by atoms with Gasteiger partial charge in [0.05, 0.1) is 102 Å². The van der Waals surface area contributed by atoms with Gasteiger partial charge in [0.25, 0.3) is 0 Å². The van der Waals surface area contributed by atoms with E-state index in [-0.39, 0.29) is 0 Å². The molecule has 0 fully saturated rings. The highest BCUT2D eigenvalue weighted by Crippen LogP contribution is 2.45. The van der Waals surface area contributed by atoms with Crippen molar-refractivity contribution in [1.82, 2.24) is 13.7 Å². The zero-order chi connectivity index (χ0) is 47.6. The van der Waals surface area contributed by atoms with E-state index in [1.807, 2.05) is 72.8 Å². The molecule has 3 aromatic heterocycles. The first kappa shape index (κ1) is 40.6. The smallest absolute Gasteiger partial charge is 0.101 e. The number of benzene rings is 9. The standard InChI is InChI=1S/C60H30N10/c61-31-37-13-19-52(40(25-37)34-64)68-55-10-4-1-7-46(55)49-28-43(16-22-58(49)68)67(44-17-23-59-50(29-44)47-8-2-5-11-56(47)69(59)53-20-14-38(32-62)26-41(53)35-65)45-18-24-60-51(30-45)48-9-3-6-12-57(48)70(60)54-21-15-39(33-63)27-42(54)36-66/h1-30H. The van der Waals surface area contributed by atoms with Gasteiger partial charge in [-0.1, -0.05) is 54.6 Å². The van der Waals surface area contributed by atoms with E-state index in [2.05, 4.69) is 128 Å². The average Bonchev–Trinajstić information content (AvgIpc) is 4.05. The van der Waals surface area contributed by atoms with Gasteiger partial charge in [-0.3, -0.25) is 0 Å². The van der Waals surface area contributed by atoms with Gasteiger partial charge in [-0.15, -0.1) is 0 Å². The van der Waals surface area contributed by atoms with E-state index in [4.69, 9.17) is 0 Å². The molecule has 0 aliphatic carbocycles. The van der Waals surface area contributed by atoms with Crippen molar-refractivity contribution in [3.63, 3.8) is 0 Å². The predicted molar refractivity (Wildman–Crippen MR) is 272 cm³/mol. The summed E-state index contributed by atoms with van der Waals surface area (Å²) in [4.78, 5) is 2.23. The second-order valence-corrected chi connectivity index (χ2v) is 16.9. The third-order valence-electron chi connectivity index (χ3n) is 13.2. The zero-order valence-electron chi connectivity index (χ0n) is 36.8. The van der Waals surface area contributed by atoms with E-state index in [1.54, 1.807) is 36.4 Å². The lowest BCUT2D eigenvalue weighted by molar-refractivity contribution is 1.16. The second kappa shape index (κ2) is 15.9. The molecular formula is C60H30N10. The van der Waals surface area contributed by atoms with Gasteiger partial charge in [-0.05, 0) is 127 Å². The Balaban J connectivity index is 1.13. The molecule has 0 amide bonds. The highest BCUT2D eigenvalue weighted by molar-refractivity contribution is 6.14. The third kappa shape index (κ3) is 6.07. The number of hydrogen-bond donors (Lipinski definition) is 0. The fraction of sp³-hybridized carbons (Fsp3) is 0. The van der Waals surface area contributed by atoms with E-state index >= 15 is 0 Å². The number of nitriles is 6. The molecule has 12 rings (SSSR count). The molecule has 3 heterocycles. The molecule has 0 aliphatic rings. The molecule has 0 saturated heterocycles. The molecule has 320 valence electrons. The minimum Gasteiger partial charge on any atom is -0.310 e. The van der Waals surface area contributed by atoms with E-state index in [1.165, 1.54) is 0 Å². The topological polar surface area (TPSA) is 161 Å². The summed E-state index contributed by atoms with van der Waals surface area (Å²) in [5.74, 6) is 0. The number of hydrogen-bond acceptors (Lipinski definition) is 7. The summed E-state index contributed by atoms with van der Waals surface area (Å²) in [6, 6.07) is 72.3.